The van der Waals surface area contributed by atoms with Gasteiger partial charge in [0.25, 0.3) is 0 Å². The summed E-state index contributed by atoms with van der Waals surface area (Å²) in [5, 5.41) is 1.32. The van der Waals surface area contributed by atoms with Crippen molar-refractivity contribution in [2.45, 2.75) is 0 Å². The molecule has 0 aromatic heterocycles. The van der Waals surface area contributed by atoms with E-state index in [1.165, 1.54) is 5.23 Å². The fourth-order valence-corrected chi connectivity index (χ4v) is 1.25. The van der Waals surface area contributed by atoms with Crippen molar-refractivity contribution in [3.63, 3.8) is 0 Å². The summed E-state index contributed by atoms with van der Waals surface area (Å²) in [7, 11) is 1.69. The normalized spacial score (nSPS) is 24.5. The third kappa shape index (κ3) is 9.72. The molecule has 1 fully saturated rings. The second-order valence-corrected chi connectivity index (χ2v) is 3.56. The fourth-order valence-electron chi connectivity index (χ4n) is 1.25. The second-order valence-electron chi connectivity index (χ2n) is 3.56. The number of hydroxylamine groups is 2. The lowest BCUT2D eigenvalue weighted by atomic mass is 10.7. The minimum Gasteiger partial charge on any atom is -0.377 e. The summed E-state index contributed by atoms with van der Waals surface area (Å²) in [5.41, 5.74) is 0. The maximum absolute atomic E-state index is 5.31. The molecule has 0 spiro atoms. The number of nitrogens with zero attached hydrogens (tertiary/aromatic N) is 1. The average Bonchev–Trinajstić information content (AvgIpc) is 2.37. The van der Waals surface area contributed by atoms with Crippen LogP contribution in [0.2, 0.25) is 0 Å². The molecule has 0 amide bonds. The smallest absolute Gasteiger partial charge is 0.0945 e. The molecule has 18 heavy (non-hydrogen) atoms. The van der Waals surface area contributed by atoms with Crippen LogP contribution in [0.15, 0.2) is 0 Å². The lowest BCUT2D eigenvalue weighted by Crippen LogP contribution is -2.24. The van der Waals surface area contributed by atoms with Gasteiger partial charge >= 0.3 is 0 Å². The summed E-state index contributed by atoms with van der Waals surface area (Å²) in [6, 6.07) is 0. The molecule has 1 aliphatic heterocycles. The van der Waals surface area contributed by atoms with Gasteiger partial charge in [0.05, 0.1) is 66.1 Å². The molecule has 0 aromatic carbocycles. The Labute approximate surface area is 108 Å². The van der Waals surface area contributed by atoms with Gasteiger partial charge in [-0.15, -0.1) is 0 Å². The van der Waals surface area contributed by atoms with Crippen LogP contribution in [0.4, 0.5) is 0 Å². The third-order valence-corrected chi connectivity index (χ3v) is 2.12. The Kier molecular flexibility index (Phi) is 10.3. The van der Waals surface area contributed by atoms with Crippen LogP contribution in [0.3, 0.4) is 0 Å². The molecule has 0 atom stereocenters. The zero-order valence-electron chi connectivity index (χ0n) is 11.0. The number of hydrogen-bond acceptors (Lipinski definition) is 7. The molecular weight excluding hydrogens is 242 g/mol. The van der Waals surface area contributed by atoms with Gasteiger partial charge in [-0.2, -0.15) is 0 Å². The van der Waals surface area contributed by atoms with Crippen LogP contribution in [-0.4, -0.2) is 78.3 Å². The van der Waals surface area contributed by atoms with Gasteiger partial charge in [0.2, 0.25) is 0 Å². The van der Waals surface area contributed by atoms with E-state index in [0.29, 0.717) is 66.1 Å². The summed E-state index contributed by atoms with van der Waals surface area (Å²) in [4.78, 5) is 10.5. The van der Waals surface area contributed by atoms with E-state index in [2.05, 4.69) is 0 Å². The maximum atomic E-state index is 5.31. The zero-order valence-corrected chi connectivity index (χ0v) is 11.0. The molecule has 0 saturated carbocycles. The minimum atomic E-state index is 0.445. The first-order valence-electron chi connectivity index (χ1n) is 6.20. The molecule has 1 heterocycles. The van der Waals surface area contributed by atoms with Crippen molar-refractivity contribution in [2.75, 3.05) is 73.1 Å². The van der Waals surface area contributed by atoms with Crippen molar-refractivity contribution in [1.29, 1.82) is 0 Å². The lowest BCUT2D eigenvalue weighted by Gasteiger charge is -2.16. The molecule has 0 N–H and O–H groups in total. The molecule has 0 radical (unpaired) electrons. The van der Waals surface area contributed by atoms with Crippen molar-refractivity contribution >= 4 is 0 Å². The summed E-state index contributed by atoms with van der Waals surface area (Å²) in [6.45, 7) is 5.28. The van der Waals surface area contributed by atoms with Gasteiger partial charge in [-0.1, -0.05) is 5.23 Å². The van der Waals surface area contributed by atoms with Crippen LogP contribution >= 0.6 is 0 Å². The van der Waals surface area contributed by atoms with Crippen molar-refractivity contribution in [3.8, 4) is 0 Å². The van der Waals surface area contributed by atoms with Gasteiger partial charge in [-0.05, 0) is 0 Å². The number of ether oxygens (including phenoxy) is 4. The molecule has 108 valence electrons. The van der Waals surface area contributed by atoms with Crippen LogP contribution in [0.25, 0.3) is 0 Å². The second kappa shape index (κ2) is 11.8. The monoisotopic (exact) mass is 265 g/mol. The molecule has 0 bridgehead atoms. The van der Waals surface area contributed by atoms with Crippen molar-refractivity contribution < 1.29 is 28.6 Å². The first-order chi connectivity index (χ1) is 8.89. The van der Waals surface area contributed by atoms with Crippen molar-refractivity contribution in [1.82, 2.24) is 5.23 Å². The molecule has 0 unspecified atom stereocenters. The first kappa shape index (κ1) is 15.8. The molecule has 7 nitrogen and oxygen atoms in total. The topological polar surface area (TPSA) is 58.6 Å². The predicted molar refractivity (Wildman–Crippen MR) is 62.9 cm³/mol. The van der Waals surface area contributed by atoms with E-state index in [1.807, 2.05) is 0 Å². The van der Waals surface area contributed by atoms with Gasteiger partial charge < -0.3 is 18.9 Å². The largest absolute Gasteiger partial charge is 0.377 e. The number of hydrogen-bond donors (Lipinski definition) is 0. The maximum Gasteiger partial charge on any atom is 0.0945 e. The van der Waals surface area contributed by atoms with Gasteiger partial charge in [0, 0.05) is 7.05 Å². The summed E-state index contributed by atoms with van der Waals surface area (Å²) < 4.78 is 21.2. The third-order valence-electron chi connectivity index (χ3n) is 2.12. The highest BCUT2D eigenvalue weighted by molar-refractivity contribution is 4.36. The Morgan fingerprint density at radius 2 is 0.778 bits per heavy atom. The first-order valence-corrected chi connectivity index (χ1v) is 6.20. The van der Waals surface area contributed by atoms with Gasteiger partial charge in [-0.25, -0.2) is 0 Å². The SMILES string of the molecule is CN1OCCOCCOCCOCCOCCO1. The quantitative estimate of drug-likeness (QED) is 0.604. The Balaban J connectivity index is 2.09. The van der Waals surface area contributed by atoms with E-state index in [4.69, 9.17) is 28.6 Å². The Bertz CT molecular complexity index is 165. The number of rotatable bonds is 0. The lowest BCUT2D eigenvalue weighted by molar-refractivity contribution is -0.357. The molecule has 1 saturated heterocycles. The van der Waals surface area contributed by atoms with Gasteiger partial charge in [-0.3, -0.25) is 9.68 Å². The fraction of sp³-hybridized carbons (Fsp3) is 1.00. The van der Waals surface area contributed by atoms with Crippen molar-refractivity contribution in [2.24, 2.45) is 0 Å². The van der Waals surface area contributed by atoms with Crippen LogP contribution in [0.1, 0.15) is 0 Å². The van der Waals surface area contributed by atoms with Crippen LogP contribution < -0.4 is 0 Å². The molecule has 1 aliphatic rings. The van der Waals surface area contributed by atoms with E-state index in [0.717, 1.165) is 0 Å². The zero-order chi connectivity index (χ0) is 12.9. The Morgan fingerprint density at radius 1 is 0.500 bits per heavy atom. The molecule has 1 rings (SSSR count). The highest BCUT2D eigenvalue weighted by atomic mass is 16.9. The van der Waals surface area contributed by atoms with E-state index >= 15 is 0 Å². The van der Waals surface area contributed by atoms with Crippen LogP contribution in [-0.2, 0) is 28.6 Å². The van der Waals surface area contributed by atoms with Crippen LogP contribution in [0.5, 0.6) is 0 Å². The summed E-state index contributed by atoms with van der Waals surface area (Å²) >= 11 is 0. The molecular formula is C11H23NO6. The van der Waals surface area contributed by atoms with Crippen LogP contribution in [0, 0.1) is 0 Å². The predicted octanol–water partition coefficient (Wildman–Crippen LogP) is -0.139. The highest BCUT2D eigenvalue weighted by Gasteiger charge is 2.00. The molecule has 7 heteroatoms. The van der Waals surface area contributed by atoms with E-state index in [-0.39, 0.29) is 0 Å². The summed E-state index contributed by atoms with van der Waals surface area (Å²) in [6.07, 6.45) is 0. The van der Waals surface area contributed by atoms with E-state index in [9.17, 15) is 0 Å². The molecule has 0 aliphatic carbocycles. The summed E-state index contributed by atoms with van der Waals surface area (Å²) in [5.74, 6) is 0. The minimum absolute atomic E-state index is 0.445. The Morgan fingerprint density at radius 3 is 1.11 bits per heavy atom. The highest BCUT2D eigenvalue weighted by Crippen LogP contribution is 1.90. The molecule has 0 aromatic rings. The average molecular weight is 265 g/mol. The van der Waals surface area contributed by atoms with Gasteiger partial charge in [0.15, 0.2) is 0 Å². The van der Waals surface area contributed by atoms with E-state index in [1.54, 1.807) is 7.05 Å². The Hall–Kier alpha value is -0.280. The van der Waals surface area contributed by atoms with E-state index < -0.39 is 0 Å². The van der Waals surface area contributed by atoms with Crippen molar-refractivity contribution in [3.05, 3.63) is 0 Å². The standard InChI is InChI=1S/C11H23NO6/c1-12-17-10-8-15-6-4-13-2-3-14-5-7-16-9-11-18-12/h2-11H2,1H3. The van der Waals surface area contributed by atoms with Gasteiger partial charge in [0.1, 0.15) is 0 Å².